The van der Waals surface area contributed by atoms with Gasteiger partial charge in [0.1, 0.15) is 0 Å². The highest BCUT2D eigenvalue weighted by atomic mass is 127. The van der Waals surface area contributed by atoms with Gasteiger partial charge in [0, 0.05) is 27.2 Å². The minimum Gasteiger partial charge on any atom is -0.230 e. The van der Waals surface area contributed by atoms with Crippen LogP contribution in [0.4, 0.5) is 0 Å². The zero-order valence-electron chi connectivity index (χ0n) is 4.06. The predicted molar refractivity (Wildman–Crippen MR) is 39.3 cm³/mol. The van der Waals surface area contributed by atoms with Crippen molar-refractivity contribution in [3.63, 3.8) is 0 Å². The van der Waals surface area contributed by atoms with E-state index < -0.39 is 0 Å². The largest absolute Gasteiger partial charge is 0.230 e. The van der Waals surface area contributed by atoms with E-state index in [1.165, 1.54) is 5.57 Å². The summed E-state index contributed by atoms with van der Waals surface area (Å²) >= 11 is 0.0506. The van der Waals surface area contributed by atoms with Crippen LogP contribution >= 0.6 is 21.0 Å². The van der Waals surface area contributed by atoms with Gasteiger partial charge in [0.25, 0.3) is 0 Å². The Morgan fingerprint density at radius 2 is 2.57 bits per heavy atom. The summed E-state index contributed by atoms with van der Waals surface area (Å²) in [6.45, 7) is 2.10. The minimum absolute atomic E-state index is 0.0506. The summed E-state index contributed by atoms with van der Waals surface area (Å²) in [5.74, 6) is 0. The first-order valence-electron chi connectivity index (χ1n) is 2.06. The first-order chi connectivity index (χ1) is 3.39. The van der Waals surface area contributed by atoms with Crippen LogP contribution in [0.3, 0.4) is 0 Å². The summed E-state index contributed by atoms with van der Waals surface area (Å²) in [6.07, 6.45) is 3.92. The molecule has 38 valence electrons. The number of hydrogen-bond acceptors (Lipinski definition) is 1. The Hall–Kier alpha value is 0.01000. The van der Waals surface area contributed by atoms with Gasteiger partial charge in [-0.05, 0) is 22.7 Å². The topological polar surface area (TPSA) is 12.4 Å². The fourth-order valence-electron chi connectivity index (χ4n) is 0.320. The van der Waals surface area contributed by atoms with Crippen molar-refractivity contribution in [2.75, 3.05) is 0 Å². The average molecular weight is 207 g/mol. The van der Waals surface area contributed by atoms with Crippen molar-refractivity contribution < 1.29 is 0 Å². The second-order valence-electron chi connectivity index (χ2n) is 1.36. The fraction of sp³-hybridized carbons (Fsp3) is 0.200. The van der Waals surface area contributed by atoms with E-state index in [0.29, 0.717) is 0 Å². The quantitative estimate of drug-likeness (QED) is 0.541. The molecule has 0 N–H and O–H groups in total. The summed E-state index contributed by atoms with van der Waals surface area (Å²) in [7, 11) is 0. The number of rotatable bonds is 0. The summed E-state index contributed by atoms with van der Waals surface area (Å²) in [6, 6.07) is 0. The molecular weight excluding hydrogens is 201 g/mol. The van der Waals surface area contributed by atoms with E-state index in [-0.39, 0.29) is 21.0 Å². The van der Waals surface area contributed by atoms with Crippen LogP contribution in [0, 0.1) is 0 Å². The SMILES string of the molecule is CC1=CI=NC=C1. The lowest BCUT2D eigenvalue weighted by molar-refractivity contribution is 1.51. The van der Waals surface area contributed by atoms with Gasteiger partial charge in [-0.25, -0.2) is 3.15 Å². The standard InChI is InChI=1S/C5H6IN/c1-5-2-3-7-6-4-5/h2-4H,1H3. The number of nitrogens with zero attached hydrogens (tertiary/aromatic N) is 1. The molecule has 0 aliphatic carbocycles. The number of halogens is 1. The van der Waals surface area contributed by atoms with Crippen molar-refractivity contribution in [2.24, 2.45) is 3.15 Å². The molecule has 0 bridgehead atoms. The normalized spacial score (nSPS) is 18.1. The highest BCUT2D eigenvalue weighted by Crippen LogP contribution is 2.13. The van der Waals surface area contributed by atoms with Crippen LogP contribution in [0.1, 0.15) is 6.92 Å². The molecule has 1 heterocycles. The number of hydrogen-bond donors (Lipinski definition) is 0. The van der Waals surface area contributed by atoms with Gasteiger partial charge in [-0.1, -0.05) is 0 Å². The second kappa shape index (κ2) is 2.35. The third-order valence-electron chi connectivity index (χ3n) is 0.671. The lowest BCUT2D eigenvalue weighted by atomic mass is 10.3. The van der Waals surface area contributed by atoms with E-state index in [1.54, 1.807) is 0 Å². The molecule has 1 aliphatic rings. The van der Waals surface area contributed by atoms with Crippen LogP contribution in [0.2, 0.25) is 0 Å². The minimum atomic E-state index is 0.0506. The summed E-state index contributed by atoms with van der Waals surface area (Å²) in [5, 5.41) is 0. The van der Waals surface area contributed by atoms with Crippen molar-refractivity contribution in [1.82, 2.24) is 0 Å². The predicted octanol–water partition coefficient (Wildman–Crippen LogP) is 2.57. The molecule has 0 fully saturated rings. The smallest absolute Gasteiger partial charge is 0.0332 e. The molecule has 1 aliphatic heterocycles. The molecule has 0 amide bonds. The van der Waals surface area contributed by atoms with E-state index in [2.05, 4.69) is 14.2 Å². The zero-order chi connectivity index (χ0) is 5.11. The maximum absolute atomic E-state index is 4.08. The number of allylic oxidation sites excluding steroid dienone is 2. The van der Waals surface area contributed by atoms with Crippen molar-refractivity contribution in [1.29, 1.82) is 0 Å². The highest BCUT2D eigenvalue weighted by molar-refractivity contribution is 14.2. The monoisotopic (exact) mass is 207 g/mol. The van der Waals surface area contributed by atoms with Crippen molar-refractivity contribution in [3.05, 3.63) is 21.9 Å². The highest BCUT2D eigenvalue weighted by Gasteiger charge is 1.80. The van der Waals surface area contributed by atoms with Crippen LogP contribution in [0.5, 0.6) is 0 Å². The van der Waals surface area contributed by atoms with Crippen molar-refractivity contribution in [2.45, 2.75) is 6.92 Å². The Balaban J connectivity index is 2.82. The molecule has 2 heteroatoms. The molecule has 0 radical (unpaired) electrons. The summed E-state index contributed by atoms with van der Waals surface area (Å²) in [4.78, 5) is 0. The van der Waals surface area contributed by atoms with Crippen LogP contribution < -0.4 is 0 Å². The third kappa shape index (κ3) is 1.51. The second-order valence-corrected chi connectivity index (χ2v) is 3.10. The molecule has 0 saturated carbocycles. The first kappa shape index (κ1) is 5.15. The fourth-order valence-corrected chi connectivity index (χ4v) is 1.47. The van der Waals surface area contributed by atoms with Crippen molar-refractivity contribution in [3.8, 4) is 0 Å². The van der Waals surface area contributed by atoms with E-state index in [0.717, 1.165) is 0 Å². The lowest BCUT2D eigenvalue weighted by Gasteiger charge is -1.87. The Morgan fingerprint density at radius 1 is 1.71 bits per heavy atom. The molecule has 0 spiro atoms. The summed E-state index contributed by atoms with van der Waals surface area (Å²) < 4.78 is 6.29. The molecule has 0 unspecified atom stereocenters. The van der Waals surface area contributed by atoms with Gasteiger partial charge in [0.2, 0.25) is 0 Å². The van der Waals surface area contributed by atoms with Gasteiger partial charge in [-0.15, -0.1) is 0 Å². The van der Waals surface area contributed by atoms with Crippen LogP contribution in [-0.4, -0.2) is 0 Å². The van der Waals surface area contributed by atoms with E-state index >= 15 is 0 Å². The van der Waals surface area contributed by atoms with Crippen LogP contribution in [0.25, 0.3) is 0 Å². The van der Waals surface area contributed by atoms with Gasteiger partial charge in [0.15, 0.2) is 0 Å². The van der Waals surface area contributed by atoms with Crippen LogP contribution in [-0.2, 0) is 0 Å². The van der Waals surface area contributed by atoms with Gasteiger partial charge in [-0.3, -0.25) is 0 Å². The molecular formula is C5H6IN. The Morgan fingerprint density at radius 3 is 2.86 bits per heavy atom. The molecule has 1 nitrogen and oxygen atoms in total. The molecule has 0 atom stereocenters. The van der Waals surface area contributed by atoms with Gasteiger partial charge in [0.05, 0.1) is 0 Å². The van der Waals surface area contributed by atoms with Gasteiger partial charge in [-0.2, -0.15) is 0 Å². The van der Waals surface area contributed by atoms with Gasteiger partial charge < -0.3 is 0 Å². The maximum Gasteiger partial charge on any atom is 0.0332 e. The molecule has 0 aromatic heterocycles. The van der Waals surface area contributed by atoms with Crippen molar-refractivity contribution >= 4 is 21.0 Å². The van der Waals surface area contributed by atoms with E-state index in [4.69, 9.17) is 0 Å². The first-order valence-corrected chi connectivity index (χ1v) is 4.27. The molecule has 0 aromatic carbocycles. The van der Waals surface area contributed by atoms with Crippen LogP contribution in [0.15, 0.2) is 25.1 Å². The van der Waals surface area contributed by atoms with E-state index in [1.807, 2.05) is 12.3 Å². The lowest BCUT2D eigenvalue weighted by Crippen LogP contribution is -1.62. The van der Waals surface area contributed by atoms with E-state index in [9.17, 15) is 0 Å². The molecule has 0 aromatic rings. The zero-order valence-corrected chi connectivity index (χ0v) is 6.21. The third-order valence-corrected chi connectivity index (χ3v) is 2.58. The Bertz CT molecular complexity index is 144. The average Bonchev–Trinajstić information content (AvgIpc) is 1.69. The molecule has 0 saturated heterocycles. The van der Waals surface area contributed by atoms with Gasteiger partial charge >= 0.3 is 0 Å². The molecule has 7 heavy (non-hydrogen) atoms. The molecule has 1 rings (SSSR count). The Labute approximate surface area is 53.3 Å². The summed E-state index contributed by atoms with van der Waals surface area (Å²) in [5.41, 5.74) is 1.36. The maximum atomic E-state index is 4.08. The Kier molecular flexibility index (Phi) is 1.73.